The number of para-hydroxylation sites is 1. The van der Waals surface area contributed by atoms with Crippen LogP contribution in [0.15, 0.2) is 48.5 Å². The number of carboxylic acids is 1. The van der Waals surface area contributed by atoms with E-state index in [0.29, 0.717) is 5.69 Å². The molecule has 0 aliphatic heterocycles. The third-order valence-corrected chi connectivity index (χ3v) is 2.46. The van der Waals surface area contributed by atoms with Gasteiger partial charge < -0.3 is 10.4 Å². The lowest BCUT2D eigenvalue weighted by Crippen LogP contribution is -2.02. The molecule has 0 aromatic heterocycles. The van der Waals surface area contributed by atoms with Gasteiger partial charge in [-0.2, -0.15) is 0 Å². The van der Waals surface area contributed by atoms with Gasteiger partial charge in [-0.15, -0.1) is 0 Å². The molecule has 0 aliphatic carbocycles. The predicted octanol–water partition coefficient (Wildman–Crippen LogP) is 3.44. The van der Waals surface area contributed by atoms with E-state index in [0.717, 1.165) is 11.3 Å². The van der Waals surface area contributed by atoms with Crippen LogP contribution < -0.4 is 5.32 Å². The van der Waals surface area contributed by atoms with Crippen LogP contribution in [-0.4, -0.2) is 11.1 Å². The van der Waals surface area contributed by atoms with Crippen molar-refractivity contribution in [2.45, 2.75) is 6.92 Å². The Morgan fingerprint density at radius 2 is 1.82 bits per heavy atom. The Bertz CT molecular complexity index is 535. The highest BCUT2D eigenvalue weighted by Gasteiger charge is 2.09. The van der Waals surface area contributed by atoms with Gasteiger partial charge in [0.05, 0.1) is 11.3 Å². The van der Waals surface area contributed by atoms with Crippen molar-refractivity contribution in [3.63, 3.8) is 0 Å². The van der Waals surface area contributed by atoms with Crippen LogP contribution in [0.3, 0.4) is 0 Å². The number of aryl methyl sites for hydroxylation is 1. The zero-order valence-corrected chi connectivity index (χ0v) is 9.47. The highest BCUT2D eigenvalue weighted by molar-refractivity contribution is 5.95. The minimum Gasteiger partial charge on any atom is -0.478 e. The second kappa shape index (κ2) is 4.70. The molecule has 3 heteroatoms. The first-order valence-corrected chi connectivity index (χ1v) is 5.33. The van der Waals surface area contributed by atoms with E-state index in [-0.39, 0.29) is 5.56 Å². The van der Waals surface area contributed by atoms with Gasteiger partial charge >= 0.3 is 5.97 Å². The highest BCUT2D eigenvalue weighted by Crippen LogP contribution is 2.22. The molecular weight excluding hydrogens is 214 g/mol. The Morgan fingerprint density at radius 1 is 1.12 bits per heavy atom. The molecule has 0 amide bonds. The molecule has 86 valence electrons. The van der Waals surface area contributed by atoms with Crippen LogP contribution in [0.2, 0.25) is 0 Å². The van der Waals surface area contributed by atoms with E-state index in [1.54, 1.807) is 12.1 Å². The third kappa shape index (κ3) is 2.64. The van der Waals surface area contributed by atoms with Gasteiger partial charge in [0.1, 0.15) is 0 Å². The quantitative estimate of drug-likeness (QED) is 0.844. The van der Waals surface area contributed by atoms with Crippen molar-refractivity contribution in [1.82, 2.24) is 0 Å². The van der Waals surface area contributed by atoms with Gasteiger partial charge in [0.25, 0.3) is 0 Å². The summed E-state index contributed by atoms with van der Waals surface area (Å²) in [6.07, 6.45) is 0. The standard InChI is InChI=1S/C14H13NO2/c1-10-7-8-12(14(16)17)13(9-10)15-11-5-3-2-4-6-11/h2-9,15H,1H3,(H,16,17). The number of hydrogen-bond donors (Lipinski definition) is 2. The Kier molecular flexibility index (Phi) is 3.10. The Labute approximate surface area is 99.7 Å². The largest absolute Gasteiger partial charge is 0.478 e. The summed E-state index contributed by atoms with van der Waals surface area (Å²) in [6, 6.07) is 14.7. The lowest BCUT2D eigenvalue weighted by atomic mass is 10.1. The number of nitrogens with one attached hydrogen (secondary N) is 1. The van der Waals surface area contributed by atoms with E-state index in [4.69, 9.17) is 5.11 Å². The fraction of sp³-hybridized carbons (Fsp3) is 0.0714. The number of hydrogen-bond acceptors (Lipinski definition) is 2. The van der Waals surface area contributed by atoms with Gasteiger partial charge in [0.15, 0.2) is 0 Å². The van der Waals surface area contributed by atoms with Crippen molar-refractivity contribution in [2.75, 3.05) is 5.32 Å². The summed E-state index contributed by atoms with van der Waals surface area (Å²) in [5, 5.41) is 12.2. The van der Waals surface area contributed by atoms with Crippen LogP contribution in [0.1, 0.15) is 15.9 Å². The maximum atomic E-state index is 11.1. The summed E-state index contributed by atoms with van der Waals surface area (Å²) in [5.74, 6) is -0.927. The molecule has 2 aromatic rings. The number of aromatic carboxylic acids is 1. The number of carboxylic acid groups (broad SMARTS) is 1. The molecule has 0 atom stereocenters. The van der Waals surface area contributed by atoms with Crippen molar-refractivity contribution in [2.24, 2.45) is 0 Å². The first-order valence-electron chi connectivity index (χ1n) is 5.33. The first-order chi connectivity index (χ1) is 8.16. The molecular formula is C14H13NO2. The van der Waals surface area contributed by atoms with Gasteiger partial charge in [0, 0.05) is 5.69 Å². The highest BCUT2D eigenvalue weighted by atomic mass is 16.4. The van der Waals surface area contributed by atoms with E-state index in [1.165, 1.54) is 0 Å². The molecule has 2 aromatic carbocycles. The lowest BCUT2D eigenvalue weighted by Gasteiger charge is -2.10. The molecule has 0 heterocycles. The molecule has 3 nitrogen and oxygen atoms in total. The van der Waals surface area contributed by atoms with E-state index in [1.807, 2.05) is 43.3 Å². The fourth-order valence-corrected chi connectivity index (χ4v) is 1.62. The molecule has 0 bridgehead atoms. The van der Waals surface area contributed by atoms with Gasteiger partial charge in [-0.1, -0.05) is 24.3 Å². The molecule has 0 unspecified atom stereocenters. The van der Waals surface area contributed by atoms with Crippen molar-refractivity contribution in [3.05, 3.63) is 59.7 Å². The Morgan fingerprint density at radius 3 is 2.47 bits per heavy atom. The number of rotatable bonds is 3. The Hall–Kier alpha value is -2.29. The smallest absolute Gasteiger partial charge is 0.337 e. The zero-order valence-electron chi connectivity index (χ0n) is 9.47. The zero-order chi connectivity index (χ0) is 12.3. The molecule has 0 radical (unpaired) electrons. The molecule has 0 saturated heterocycles. The normalized spacial score (nSPS) is 9.94. The average Bonchev–Trinajstić information content (AvgIpc) is 2.30. The predicted molar refractivity (Wildman–Crippen MR) is 67.9 cm³/mol. The maximum Gasteiger partial charge on any atom is 0.337 e. The molecule has 2 N–H and O–H groups in total. The summed E-state index contributed by atoms with van der Waals surface area (Å²) < 4.78 is 0. The van der Waals surface area contributed by atoms with Gasteiger partial charge in [-0.3, -0.25) is 0 Å². The molecule has 0 spiro atoms. The minimum atomic E-state index is -0.927. The van der Waals surface area contributed by atoms with Crippen LogP contribution in [0, 0.1) is 6.92 Å². The third-order valence-electron chi connectivity index (χ3n) is 2.46. The van der Waals surface area contributed by atoms with E-state index < -0.39 is 5.97 Å². The van der Waals surface area contributed by atoms with Crippen LogP contribution in [-0.2, 0) is 0 Å². The average molecular weight is 227 g/mol. The van der Waals surface area contributed by atoms with Gasteiger partial charge in [-0.05, 0) is 36.8 Å². The summed E-state index contributed by atoms with van der Waals surface area (Å²) in [7, 11) is 0. The molecule has 0 fully saturated rings. The number of anilines is 2. The number of benzene rings is 2. The van der Waals surface area contributed by atoms with Gasteiger partial charge in [0.2, 0.25) is 0 Å². The first kappa shape index (κ1) is 11.2. The maximum absolute atomic E-state index is 11.1. The lowest BCUT2D eigenvalue weighted by molar-refractivity contribution is 0.0698. The molecule has 2 rings (SSSR count). The summed E-state index contributed by atoms with van der Waals surface area (Å²) in [4.78, 5) is 11.1. The summed E-state index contributed by atoms with van der Waals surface area (Å²) >= 11 is 0. The molecule has 17 heavy (non-hydrogen) atoms. The van der Waals surface area contributed by atoms with Crippen molar-refractivity contribution in [3.8, 4) is 0 Å². The molecule has 0 saturated carbocycles. The van der Waals surface area contributed by atoms with Crippen LogP contribution in [0.25, 0.3) is 0 Å². The van der Waals surface area contributed by atoms with E-state index in [9.17, 15) is 4.79 Å². The van der Waals surface area contributed by atoms with Crippen molar-refractivity contribution < 1.29 is 9.90 Å². The van der Waals surface area contributed by atoms with E-state index in [2.05, 4.69) is 5.32 Å². The van der Waals surface area contributed by atoms with E-state index >= 15 is 0 Å². The Balaban J connectivity index is 2.37. The van der Waals surface area contributed by atoms with Gasteiger partial charge in [-0.25, -0.2) is 4.79 Å². The fourth-order valence-electron chi connectivity index (χ4n) is 1.62. The molecule has 0 aliphatic rings. The van der Waals surface area contributed by atoms with Crippen LogP contribution in [0.5, 0.6) is 0 Å². The second-order valence-electron chi connectivity index (χ2n) is 3.85. The topological polar surface area (TPSA) is 49.3 Å². The summed E-state index contributed by atoms with van der Waals surface area (Å²) in [5.41, 5.74) is 2.79. The SMILES string of the molecule is Cc1ccc(C(=O)O)c(Nc2ccccc2)c1. The van der Waals surface area contributed by atoms with Crippen molar-refractivity contribution in [1.29, 1.82) is 0 Å². The summed E-state index contributed by atoms with van der Waals surface area (Å²) in [6.45, 7) is 1.93. The minimum absolute atomic E-state index is 0.277. The second-order valence-corrected chi connectivity index (χ2v) is 3.85. The number of carbonyl (C=O) groups is 1. The monoisotopic (exact) mass is 227 g/mol. The van der Waals surface area contributed by atoms with Crippen LogP contribution in [0.4, 0.5) is 11.4 Å². The van der Waals surface area contributed by atoms with Crippen molar-refractivity contribution >= 4 is 17.3 Å². The van der Waals surface area contributed by atoms with Crippen LogP contribution >= 0.6 is 0 Å².